The van der Waals surface area contributed by atoms with Crippen molar-refractivity contribution in [3.8, 4) is 5.75 Å². The van der Waals surface area contributed by atoms with E-state index in [9.17, 15) is 4.79 Å². The molecular formula is C24H31N3O2. The number of para-hydroxylation sites is 2. The van der Waals surface area contributed by atoms with E-state index >= 15 is 0 Å². The van der Waals surface area contributed by atoms with Crippen molar-refractivity contribution in [3.63, 3.8) is 0 Å². The van der Waals surface area contributed by atoms with Gasteiger partial charge in [0.1, 0.15) is 11.9 Å². The number of nitrogens with zero attached hydrogens (tertiary/aromatic N) is 1. The first-order valence-corrected chi connectivity index (χ1v) is 10.7. The third kappa shape index (κ3) is 4.56. The van der Waals surface area contributed by atoms with E-state index in [1.54, 1.807) is 12.1 Å². The maximum absolute atomic E-state index is 12.5. The van der Waals surface area contributed by atoms with Gasteiger partial charge < -0.3 is 15.8 Å². The molecule has 2 atom stereocenters. The van der Waals surface area contributed by atoms with Crippen LogP contribution in [0.5, 0.6) is 5.75 Å². The smallest absolute Gasteiger partial charge is 0.255 e. The topological polar surface area (TPSA) is 67.6 Å². The molecule has 2 fully saturated rings. The number of benzene rings is 2. The van der Waals surface area contributed by atoms with Gasteiger partial charge >= 0.3 is 0 Å². The molecule has 0 radical (unpaired) electrons. The average Bonchev–Trinajstić information content (AvgIpc) is 2.92. The molecule has 5 heteroatoms. The SMILES string of the molecule is CC(C)CN1C2CCC1CC(Oc1ccc(C(=O)Nc3ccccc3N)cc1)C2. The maximum Gasteiger partial charge on any atom is 0.255 e. The summed E-state index contributed by atoms with van der Waals surface area (Å²) in [7, 11) is 0. The van der Waals surface area contributed by atoms with Crippen molar-refractivity contribution >= 4 is 17.3 Å². The van der Waals surface area contributed by atoms with Crippen LogP contribution < -0.4 is 15.8 Å². The van der Waals surface area contributed by atoms with Gasteiger partial charge in [-0.25, -0.2) is 0 Å². The lowest BCUT2D eigenvalue weighted by atomic mass is 9.98. The normalized spacial score (nSPS) is 23.9. The Morgan fingerprint density at radius 3 is 2.38 bits per heavy atom. The van der Waals surface area contributed by atoms with Gasteiger partial charge in [0.2, 0.25) is 0 Å². The summed E-state index contributed by atoms with van der Waals surface area (Å²) in [6.07, 6.45) is 5.04. The zero-order valence-electron chi connectivity index (χ0n) is 17.3. The van der Waals surface area contributed by atoms with Crippen molar-refractivity contribution in [2.24, 2.45) is 5.92 Å². The molecule has 2 aliphatic rings. The van der Waals surface area contributed by atoms with E-state index in [0.29, 0.717) is 34.9 Å². The fourth-order valence-electron chi connectivity index (χ4n) is 4.72. The Kier molecular flexibility index (Phi) is 5.76. The number of nitrogen functional groups attached to an aromatic ring is 1. The van der Waals surface area contributed by atoms with Gasteiger partial charge in [0.25, 0.3) is 5.91 Å². The molecule has 0 saturated carbocycles. The third-order valence-corrected chi connectivity index (χ3v) is 6.05. The van der Waals surface area contributed by atoms with Gasteiger partial charge in [-0.3, -0.25) is 9.69 Å². The Morgan fingerprint density at radius 1 is 1.10 bits per heavy atom. The second-order valence-corrected chi connectivity index (χ2v) is 8.75. The summed E-state index contributed by atoms with van der Waals surface area (Å²) in [5.41, 5.74) is 7.67. The van der Waals surface area contributed by atoms with Crippen molar-refractivity contribution in [1.82, 2.24) is 4.90 Å². The summed E-state index contributed by atoms with van der Waals surface area (Å²) in [6.45, 7) is 5.79. The summed E-state index contributed by atoms with van der Waals surface area (Å²) in [4.78, 5) is 15.2. The number of fused-ring (bicyclic) bond motifs is 2. The molecule has 2 aromatic carbocycles. The molecule has 0 spiro atoms. The second-order valence-electron chi connectivity index (χ2n) is 8.75. The molecular weight excluding hydrogens is 362 g/mol. The monoisotopic (exact) mass is 393 g/mol. The van der Waals surface area contributed by atoms with Crippen LogP contribution in [0.1, 0.15) is 49.9 Å². The predicted octanol–water partition coefficient (Wildman–Crippen LogP) is 4.55. The van der Waals surface area contributed by atoms with Crippen LogP contribution in [0, 0.1) is 5.92 Å². The van der Waals surface area contributed by atoms with Crippen molar-refractivity contribution < 1.29 is 9.53 Å². The maximum atomic E-state index is 12.5. The molecule has 0 aliphatic carbocycles. The summed E-state index contributed by atoms with van der Waals surface area (Å²) < 4.78 is 6.28. The van der Waals surface area contributed by atoms with Crippen LogP contribution in [0.15, 0.2) is 48.5 Å². The van der Waals surface area contributed by atoms with E-state index in [1.807, 2.05) is 36.4 Å². The quantitative estimate of drug-likeness (QED) is 0.707. The standard InChI is InChI=1S/C24H31N3O2/c1-16(2)15-27-18-9-10-19(27)14-21(13-18)29-20-11-7-17(8-12-20)24(28)26-23-6-4-3-5-22(23)25/h3-8,11-12,16,18-19,21H,9-10,13-15,25H2,1-2H3,(H,26,28). The minimum Gasteiger partial charge on any atom is -0.490 e. The first-order valence-electron chi connectivity index (χ1n) is 10.7. The van der Waals surface area contributed by atoms with E-state index in [-0.39, 0.29) is 12.0 Å². The Labute approximate surface area is 173 Å². The lowest BCUT2D eigenvalue weighted by Crippen LogP contribution is -2.47. The summed E-state index contributed by atoms with van der Waals surface area (Å²) in [5.74, 6) is 1.37. The highest BCUT2D eigenvalue weighted by molar-refractivity contribution is 6.05. The number of nitrogens with one attached hydrogen (secondary N) is 1. The van der Waals surface area contributed by atoms with E-state index in [0.717, 1.165) is 18.6 Å². The first kappa shape index (κ1) is 19.8. The fraction of sp³-hybridized carbons (Fsp3) is 0.458. The van der Waals surface area contributed by atoms with Crippen molar-refractivity contribution in [3.05, 3.63) is 54.1 Å². The number of carbonyl (C=O) groups excluding carboxylic acids is 1. The minimum absolute atomic E-state index is 0.172. The number of anilines is 2. The number of piperidine rings is 1. The molecule has 4 rings (SSSR count). The van der Waals surface area contributed by atoms with Crippen molar-refractivity contribution in [2.75, 3.05) is 17.6 Å². The number of nitrogens with two attached hydrogens (primary N) is 1. The molecule has 0 aromatic heterocycles. The minimum atomic E-state index is -0.172. The zero-order valence-corrected chi connectivity index (χ0v) is 17.3. The van der Waals surface area contributed by atoms with Crippen molar-refractivity contribution in [2.45, 2.75) is 57.7 Å². The van der Waals surface area contributed by atoms with Gasteiger partial charge in [0.15, 0.2) is 0 Å². The molecule has 2 aromatic rings. The molecule has 2 saturated heterocycles. The van der Waals surface area contributed by atoms with Crippen molar-refractivity contribution in [1.29, 1.82) is 0 Å². The molecule has 2 unspecified atom stereocenters. The van der Waals surface area contributed by atoms with Crippen LogP contribution in [-0.2, 0) is 0 Å². The van der Waals surface area contributed by atoms with Gasteiger partial charge in [0.05, 0.1) is 11.4 Å². The van der Waals surface area contributed by atoms with Gasteiger partial charge in [0, 0.05) is 24.2 Å². The van der Waals surface area contributed by atoms with Gasteiger partial charge in [-0.1, -0.05) is 26.0 Å². The van der Waals surface area contributed by atoms with Crippen LogP contribution in [0.3, 0.4) is 0 Å². The number of ether oxygens (including phenoxy) is 1. The number of rotatable bonds is 6. The number of hydrogen-bond acceptors (Lipinski definition) is 4. The number of amides is 1. The Morgan fingerprint density at radius 2 is 1.76 bits per heavy atom. The summed E-state index contributed by atoms with van der Waals surface area (Å²) in [6, 6.07) is 16.0. The van der Waals surface area contributed by atoms with Crippen LogP contribution in [0.4, 0.5) is 11.4 Å². The molecule has 2 aliphatic heterocycles. The lowest BCUT2D eigenvalue weighted by Gasteiger charge is -2.39. The van der Waals surface area contributed by atoms with E-state index in [2.05, 4.69) is 24.1 Å². The largest absolute Gasteiger partial charge is 0.490 e. The molecule has 2 heterocycles. The zero-order chi connectivity index (χ0) is 20.4. The van der Waals surface area contributed by atoms with Gasteiger partial charge in [-0.05, 0) is 68.0 Å². The average molecular weight is 394 g/mol. The Hall–Kier alpha value is -2.53. The summed E-state index contributed by atoms with van der Waals surface area (Å²) in [5, 5.41) is 2.86. The highest BCUT2D eigenvalue weighted by Crippen LogP contribution is 2.37. The summed E-state index contributed by atoms with van der Waals surface area (Å²) >= 11 is 0. The van der Waals surface area contributed by atoms with E-state index in [1.165, 1.54) is 19.4 Å². The highest BCUT2D eigenvalue weighted by atomic mass is 16.5. The molecule has 5 nitrogen and oxygen atoms in total. The molecule has 3 N–H and O–H groups in total. The molecule has 2 bridgehead atoms. The Balaban J connectivity index is 1.34. The lowest BCUT2D eigenvalue weighted by molar-refractivity contribution is 0.0425. The molecule has 1 amide bonds. The molecule has 29 heavy (non-hydrogen) atoms. The third-order valence-electron chi connectivity index (χ3n) is 6.05. The Bertz CT molecular complexity index is 835. The van der Waals surface area contributed by atoms with Crippen LogP contribution >= 0.6 is 0 Å². The van der Waals surface area contributed by atoms with Crippen LogP contribution in [-0.4, -0.2) is 35.5 Å². The van der Waals surface area contributed by atoms with Gasteiger partial charge in [-0.2, -0.15) is 0 Å². The van der Waals surface area contributed by atoms with Gasteiger partial charge in [-0.15, -0.1) is 0 Å². The second kappa shape index (κ2) is 8.46. The fourth-order valence-corrected chi connectivity index (χ4v) is 4.72. The molecule has 154 valence electrons. The number of carbonyl (C=O) groups is 1. The van der Waals surface area contributed by atoms with E-state index in [4.69, 9.17) is 10.5 Å². The van der Waals surface area contributed by atoms with Crippen LogP contribution in [0.2, 0.25) is 0 Å². The highest BCUT2D eigenvalue weighted by Gasteiger charge is 2.41. The van der Waals surface area contributed by atoms with Crippen LogP contribution in [0.25, 0.3) is 0 Å². The number of hydrogen-bond donors (Lipinski definition) is 2. The predicted molar refractivity (Wildman–Crippen MR) is 117 cm³/mol. The first-order chi connectivity index (χ1) is 14.0. The van der Waals surface area contributed by atoms with E-state index < -0.39 is 0 Å².